The molecule has 1 aromatic heterocycles. The number of benzene rings is 1. The number of hydrogen-bond acceptors (Lipinski definition) is 2. The quantitative estimate of drug-likeness (QED) is 0.755. The van der Waals surface area contributed by atoms with Crippen molar-refractivity contribution < 1.29 is 9.53 Å². The maximum atomic E-state index is 11.2. The molecule has 0 saturated carbocycles. The Morgan fingerprint density at radius 2 is 2.06 bits per heavy atom. The zero-order chi connectivity index (χ0) is 12.3. The van der Waals surface area contributed by atoms with Gasteiger partial charge in [0.2, 0.25) is 0 Å². The SMILES string of the molecule is COc1ccccc1Cn1ccc(C(C)=O)c1. The molecule has 1 aromatic carbocycles. The molecule has 0 radical (unpaired) electrons. The number of rotatable bonds is 4. The molecule has 1 heterocycles. The fourth-order valence-electron chi connectivity index (χ4n) is 1.78. The van der Waals surface area contributed by atoms with Crippen LogP contribution < -0.4 is 4.74 Å². The number of carbonyl (C=O) groups excluding carboxylic acids is 1. The number of Topliss-reactive ketones (excluding diaryl/α,β-unsaturated/α-hetero) is 1. The van der Waals surface area contributed by atoms with Gasteiger partial charge in [0.15, 0.2) is 5.78 Å². The summed E-state index contributed by atoms with van der Waals surface area (Å²) in [6.07, 6.45) is 3.76. The first kappa shape index (κ1) is 11.5. The summed E-state index contributed by atoms with van der Waals surface area (Å²) in [5.74, 6) is 0.953. The van der Waals surface area contributed by atoms with Crippen molar-refractivity contribution in [1.29, 1.82) is 0 Å². The van der Waals surface area contributed by atoms with E-state index in [1.165, 1.54) is 0 Å². The number of methoxy groups -OCH3 is 1. The average molecular weight is 229 g/mol. The van der Waals surface area contributed by atoms with Gasteiger partial charge in [0.1, 0.15) is 5.75 Å². The number of nitrogens with zero attached hydrogens (tertiary/aromatic N) is 1. The van der Waals surface area contributed by atoms with E-state index in [1.807, 2.05) is 47.3 Å². The van der Waals surface area contributed by atoms with E-state index in [2.05, 4.69) is 0 Å². The highest BCUT2D eigenvalue weighted by molar-refractivity contribution is 5.93. The zero-order valence-corrected chi connectivity index (χ0v) is 10.0. The predicted octanol–water partition coefficient (Wildman–Crippen LogP) is 2.75. The molecule has 2 rings (SSSR count). The summed E-state index contributed by atoms with van der Waals surface area (Å²) in [7, 11) is 1.66. The topological polar surface area (TPSA) is 31.2 Å². The number of para-hydroxylation sites is 1. The molecule has 0 aliphatic heterocycles. The first-order chi connectivity index (χ1) is 8.20. The normalized spacial score (nSPS) is 10.2. The molecule has 3 heteroatoms. The molecule has 0 amide bonds. The van der Waals surface area contributed by atoms with Crippen molar-refractivity contribution in [3.05, 3.63) is 53.9 Å². The molecule has 0 aliphatic carbocycles. The third-order valence-electron chi connectivity index (χ3n) is 2.70. The van der Waals surface area contributed by atoms with Crippen LogP contribution in [0.1, 0.15) is 22.8 Å². The van der Waals surface area contributed by atoms with Crippen molar-refractivity contribution in [2.75, 3.05) is 7.11 Å². The molecule has 0 saturated heterocycles. The van der Waals surface area contributed by atoms with Gasteiger partial charge in [-0.3, -0.25) is 4.79 Å². The largest absolute Gasteiger partial charge is 0.496 e. The van der Waals surface area contributed by atoms with Gasteiger partial charge in [-0.1, -0.05) is 18.2 Å². The standard InChI is InChI=1S/C14H15NO2/c1-11(16)12-7-8-15(9-12)10-13-5-3-4-6-14(13)17-2/h3-9H,10H2,1-2H3. The van der Waals surface area contributed by atoms with Crippen molar-refractivity contribution in [2.24, 2.45) is 0 Å². The molecule has 2 aromatic rings. The Balaban J connectivity index is 2.22. The van der Waals surface area contributed by atoms with Crippen LogP contribution in [0.2, 0.25) is 0 Å². The van der Waals surface area contributed by atoms with Crippen molar-refractivity contribution in [2.45, 2.75) is 13.5 Å². The fourth-order valence-corrected chi connectivity index (χ4v) is 1.78. The van der Waals surface area contributed by atoms with Gasteiger partial charge in [0.25, 0.3) is 0 Å². The Bertz CT molecular complexity index is 529. The lowest BCUT2D eigenvalue weighted by Crippen LogP contribution is -1.99. The van der Waals surface area contributed by atoms with Gasteiger partial charge in [0, 0.05) is 23.5 Å². The summed E-state index contributed by atoms with van der Waals surface area (Å²) in [5, 5.41) is 0. The fraction of sp³-hybridized carbons (Fsp3) is 0.214. The maximum absolute atomic E-state index is 11.2. The molecule has 3 nitrogen and oxygen atoms in total. The van der Waals surface area contributed by atoms with Crippen LogP contribution in [0.15, 0.2) is 42.7 Å². The minimum absolute atomic E-state index is 0.0868. The summed E-state index contributed by atoms with van der Waals surface area (Å²) < 4.78 is 7.27. The Hall–Kier alpha value is -2.03. The van der Waals surface area contributed by atoms with E-state index >= 15 is 0 Å². The van der Waals surface area contributed by atoms with E-state index in [4.69, 9.17) is 4.74 Å². The first-order valence-electron chi connectivity index (χ1n) is 5.49. The van der Waals surface area contributed by atoms with Crippen molar-refractivity contribution in [3.63, 3.8) is 0 Å². The van der Waals surface area contributed by atoms with Gasteiger partial charge in [0.05, 0.1) is 13.7 Å². The third kappa shape index (κ3) is 2.56. The van der Waals surface area contributed by atoms with E-state index in [0.717, 1.165) is 16.9 Å². The van der Waals surface area contributed by atoms with E-state index in [0.29, 0.717) is 6.54 Å². The molecule has 0 unspecified atom stereocenters. The van der Waals surface area contributed by atoms with E-state index in [9.17, 15) is 4.79 Å². The Labute approximate surface area is 101 Å². The summed E-state index contributed by atoms with van der Waals surface area (Å²) in [5.41, 5.74) is 1.83. The van der Waals surface area contributed by atoms with Gasteiger partial charge in [-0.05, 0) is 19.1 Å². The zero-order valence-electron chi connectivity index (χ0n) is 10.0. The summed E-state index contributed by atoms with van der Waals surface area (Å²) in [6, 6.07) is 9.71. The van der Waals surface area contributed by atoms with Crippen molar-refractivity contribution in [3.8, 4) is 5.75 Å². The number of aromatic nitrogens is 1. The van der Waals surface area contributed by atoms with Crippen LogP contribution in [0.3, 0.4) is 0 Å². The number of ketones is 1. The van der Waals surface area contributed by atoms with Gasteiger partial charge in [-0.15, -0.1) is 0 Å². The maximum Gasteiger partial charge on any atom is 0.161 e. The number of hydrogen-bond donors (Lipinski definition) is 0. The molecule has 0 aliphatic rings. The van der Waals surface area contributed by atoms with Gasteiger partial charge < -0.3 is 9.30 Å². The molecule has 0 bridgehead atoms. The van der Waals surface area contributed by atoms with E-state index in [1.54, 1.807) is 14.0 Å². The molecule has 0 N–H and O–H groups in total. The monoisotopic (exact) mass is 229 g/mol. The second kappa shape index (κ2) is 4.87. The first-order valence-corrected chi connectivity index (χ1v) is 5.49. The molecular weight excluding hydrogens is 214 g/mol. The Kier molecular flexibility index (Phi) is 3.28. The van der Waals surface area contributed by atoms with Crippen LogP contribution in [0.5, 0.6) is 5.75 Å². The van der Waals surface area contributed by atoms with Crippen LogP contribution in [0.4, 0.5) is 0 Å². The highest BCUT2D eigenvalue weighted by Gasteiger charge is 2.05. The van der Waals surface area contributed by atoms with Gasteiger partial charge >= 0.3 is 0 Å². The van der Waals surface area contributed by atoms with Crippen LogP contribution in [0.25, 0.3) is 0 Å². The predicted molar refractivity (Wildman–Crippen MR) is 66.5 cm³/mol. The third-order valence-corrected chi connectivity index (χ3v) is 2.70. The van der Waals surface area contributed by atoms with Gasteiger partial charge in [-0.25, -0.2) is 0 Å². The minimum atomic E-state index is 0.0868. The van der Waals surface area contributed by atoms with Crippen molar-refractivity contribution in [1.82, 2.24) is 4.57 Å². The van der Waals surface area contributed by atoms with Gasteiger partial charge in [-0.2, -0.15) is 0 Å². The second-order valence-electron chi connectivity index (χ2n) is 3.94. The van der Waals surface area contributed by atoms with E-state index in [-0.39, 0.29) is 5.78 Å². The Morgan fingerprint density at radius 3 is 2.71 bits per heavy atom. The lowest BCUT2D eigenvalue weighted by atomic mass is 10.2. The summed E-state index contributed by atoms with van der Waals surface area (Å²) in [6.45, 7) is 2.28. The second-order valence-corrected chi connectivity index (χ2v) is 3.94. The lowest BCUT2D eigenvalue weighted by Gasteiger charge is -2.08. The summed E-state index contributed by atoms with van der Waals surface area (Å²) in [4.78, 5) is 11.2. The molecule has 17 heavy (non-hydrogen) atoms. The highest BCUT2D eigenvalue weighted by atomic mass is 16.5. The number of carbonyl (C=O) groups is 1. The van der Waals surface area contributed by atoms with Crippen LogP contribution in [0, 0.1) is 0 Å². The van der Waals surface area contributed by atoms with Crippen LogP contribution in [-0.4, -0.2) is 17.5 Å². The van der Waals surface area contributed by atoms with Crippen LogP contribution >= 0.6 is 0 Å². The highest BCUT2D eigenvalue weighted by Crippen LogP contribution is 2.18. The van der Waals surface area contributed by atoms with Crippen molar-refractivity contribution >= 4 is 5.78 Å². The average Bonchev–Trinajstić information content (AvgIpc) is 2.78. The number of ether oxygens (including phenoxy) is 1. The lowest BCUT2D eigenvalue weighted by molar-refractivity contribution is 0.101. The van der Waals surface area contributed by atoms with Crippen LogP contribution in [-0.2, 0) is 6.54 Å². The Morgan fingerprint density at radius 1 is 1.29 bits per heavy atom. The smallest absolute Gasteiger partial charge is 0.161 e. The minimum Gasteiger partial charge on any atom is -0.496 e. The molecular formula is C14H15NO2. The molecule has 88 valence electrons. The molecule has 0 fully saturated rings. The van der Waals surface area contributed by atoms with E-state index < -0.39 is 0 Å². The molecule has 0 spiro atoms. The summed E-state index contributed by atoms with van der Waals surface area (Å²) >= 11 is 0. The molecule has 0 atom stereocenters.